The van der Waals surface area contributed by atoms with Crippen LogP contribution in [-0.2, 0) is 4.79 Å². The zero-order valence-electron chi connectivity index (χ0n) is 18.7. The summed E-state index contributed by atoms with van der Waals surface area (Å²) in [6.07, 6.45) is 6.54. The van der Waals surface area contributed by atoms with Gasteiger partial charge in [-0.05, 0) is 73.6 Å². The number of carbonyl (C=O) groups excluding carboxylic acids is 1. The summed E-state index contributed by atoms with van der Waals surface area (Å²) in [7, 11) is 1.70. The van der Waals surface area contributed by atoms with Gasteiger partial charge in [0.25, 0.3) is 0 Å². The number of piperidine rings is 1. The molecule has 32 heavy (non-hydrogen) atoms. The maximum atomic E-state index is 13.4. The molecule has 1 amide bonds. The number of benzene rings is 2. The van der Waals surface area contributed by atoms with Crippen LogP contribution in [0.3, 0.4) is 0 Å². The zero-order valence-corrected chi connectivity index (χ0v) is 18.7. The van der Waals surface area contributed by atoms with Gasteiger partial charge in [0.1, 0.15) is 17.1 Å². The van der Waals surface area contributed by atoms with Crippen LogP contribution < -0.4 is 15.0 Å². The lowest BCUT2D eigenvalue weighted by atomic mass is 9.77. The molecule has 2 aromatic rings. The number of nitrogens with one attached hydrogen (secondary N) is 1. The van der Waals surface area contributed by atoms with E-state index in [0.717, 1.165) is 37.4 Å². The van der Waals surface area contributed by atoms with Gasteiger partial charge in [-0.2, -0.15) is 0 Å². The van der Waals surface area contributed by atoms with E-state index in [1.165, 1.54) is 43.4 Å². The first-order chi connectivity index (χ1) is 15.6. The van der Waals surface area contributed by atoms with Crippen LogP contribution in [0.2, 0.25) is 0 Å². The molecule has 5 rings (SSSR count). The van der Waals surface area contributed by atoms with Gasteiger partial charge in [0.05, 0.1) is 13.8 Å². The van der Waals surface area contributed by atoms with Crippen LogP contribution >= 0.6 is 0 Å². The largest absolute Gasteiger partial charge is 0.497 e. The van der Waals surface area contributed by atoms with Crippen LogP contribution in [0.4, 0.5) is 10.1 Å². The van der Waals surface area contributed by atoms with Crippen LogP contribution in [0.1, 0.15) is 50.0 Å². The molecule has 2 atom stereocenters. The van der Waals surface area contributed by atoms with E-state index in [-0.39, 0.29) is 11.7 Å². The molecule has 1 aliphatic carbocycles. The van der Waals surface area contributed by atoms with E-state index in [9.17, 15) is 9.18 Å². The molecule has 2 heterocycles. The Bertz CT molecular complexity index is 939. The molecule has 170 valence electrons. The highest BCUT2D eigenvalue weighted by atomic mass is 19.1. The monoisotopic (exact) mass is 437 g/mol. The topological polar surface area (TPSA) is 44.8 Å². The molecule has 0 aromatic heterocycles. The van der Waals surface area contributed by atoms with Crippen LogP contribution in [0.15, 0.2) is 48.5 Å². The first-order valence-corrected chi connectivity index (χ1v) is 11.8. The van der Waals surface area contributed by atoms with Gasteiger partial charge in [-0.3, -0.25) is 9.69 Å². The molecule has 0 unspecified atom stereocenters. The van der Waals surface area contributed by atoms with E-state index in [1.54, 1.807) is 19.2 Å². The Morgan fingerprint density at radius 3 is 2.38 bits per heavy atom. The van der Waals surface area contributed by atoms with Gasteiger partial charge in [0.2, 0.25) is 5.91 Å². The number of hydrogen-bond donors (Lipinski definition) is 1. The fraction of sp³-hybridized carbons (Fsp3) is 0.500. The van der Waals surface area contributed by atoms with Crippen molar-refractivity contribution >= 4 is 11.6 Å². The molecule has 3 aliphatic rings. The molecule has 0 radical (unpaired) electrons. The Labute approximate surface area is 189 Å². The average molecular weight is 438 g/mol. The first kappa shape index (κ1) is 21.3. The maximum Gasteiger partial charge on any atom is 0.247 e. The molecular formula is C26H32FN3O2. The molecule has 1 saturated carbocycles. The van der Waals surface area contributed by atoms with Gasteiger partial charge in [-0.1, -0.05) is 25.0 Å². The second kappa shape index (κ2) is 8.74. The third-order valence-electron chi connectivity index (χ3n) is 7.84. The van der Waals surface area contributed by atoms with E-state index in [1.807, 2.05) is 0 Å². The average Bonchev–Trinajstić information content (AvgIpc) is 3.15. The third-order valence-corrected chi connectivity index (χ3v) is 7.84. The van der Waals surface area contributed by atoms with Gasteiger partial charge in [0.15, 0.2) is 0 Å². The van der Waals surface area contributed by atoms with Crippen molar-refractivity contribution in [2.24, 2.45) is 0 Å². The number of carbonyl (C=O) groups is 1. The highest BCUT2D eigenvalue weighted by Gasteiger charge is 2.51. The number of hydrogen-bond acceptors (Lipinski definition) is 4. The lowest BCUT2D eigenvalue weighted by Gasteiger charge is -2.48. The van der Waals surface area contributed by atoms with Crippen LogP contribution in [-0.4, -0.2) is 49.3 Å². The Balaban J connectivity index is 1.33. The molecule has 2 aliphatic heterocycles. The third kappa shape index (κ3) is 3.75. The molecule has 2 aromatic carbocycles. The Hall–Kier alpha value is -2.60. The number of likely N-dealkylation sites (tertiary alicyclic amines) is 1. The predicted molar refractivity (Wildman–Crippen MR) is 123 cm³/mol. The molecule has 2 saturated heterocycles. The van der Waals surface area contributed by atoms with Crippen LogP contribution in [0.25, 0.3) is 0 Å². The van der Waals surface area contributed by atoms with Crippen molar-refractivity contribution in [2.45, 2.75) is 56.0 Å². The molecule has 5 nitrogen and oxygen atoms in total. The smallest absolute Gasteiger partial charge is 0.247 e. The number of rotatable bonds is 4. The lowest BCUT2D eigenvalue weighted by Crippen LogP contribution is -2.58. The normalized spacial score (nSPS) is 25.7. The summed E-state index contributed by atoms with van der Waals surface area (Å²) in [5.41, 5.74) is 1.77. The van der Waals surface area contributed by atoms with Crippen molar-refractivity contribution in [3.8, 4) is 5.75 Å². The molecule has 3 fully saturated rings. The van der Waals surface area contributed by atoms with Crippen molar-refractivity contribution in [2.75, 3.05) is 31.8 Å². The summed E-state index contributed by atoms with van der Waals surface area (Å²) in [5, 5.41) is 3.05. The van der Waals surface area contributed by atoms with E-state index >= 15 is 0 Å². The highest BCUT2D eigenvalue weighted by Crippen LogP contribution is 2.41. The Morgan fingerprint density at radius 1 is 1.00 bits per heavy atom. The summed E-state index contributed by atoms with van der Waals surface area (Å²) in [4.78, 5) is 17.7. The minimum Gasteiger partial charge on any atom is -0.497 e. The SMILES string of the molecule is COc1ccc([C@H]2CCCC[C@H]2N2CCC3(CC2)C(=O)NCN3c2ccc(F)cc2)cc1. The van der Waals surface area contributed by atoms with Crippen molar-refractivity contribution < 1.29 is 13.9 Å². The van der Waals surface area contributed by atoms with Crippen molar-refractivity contribution in [1.29, 1.82) is 0 Å². The molecule has 0 bridgehead atoms. The van der Waals surface area contributed by atoms with Gasteiger partial charge in [0, 0.05) is 24.8 Å². The van der Waals surface area contributed by atoms with Gasteiger partial charge >= 0.3 is 0 Å². The fourth-order valence-electron chi connectivity index (χ4n) is 6.06. The number of methoxy groups -OCH3 is 1. The highest BCUT2D eigenvalue weighted by molar-refractivity contribution is 5.93. The lowest BCUT2D eigenvalue weighted by molar-refractivity contribution is -0.125. The van der Waals surface area contributed by atoms with Crippen molar-refractivity contribution in [3.63, 3.8) is 0 Å². The number of ether oxygens (including phenoxy) is 1. The number of nitrogens with zero attached hydrogens (tertiary/aromatic N) is 2. The zero-order chi connectivity index (χ0) is 22.1. The summed E-state index contributed by atoms with van der Waals surface area (Å²) in [5.74, 6) is 1.28. The van der Waals surface area contributed by atoms with E-state index < -0.39 is 5.54 Å². The van der Waals surface area contributed by atoms with Crippen LogP contribution in [0, 0.1) is 5.82 Å². The van der Waals surface area contributed by atoms with E-state index in [4.69, 9.17) is 4.74 Å². The van der Waals surface area contributed by atoms with E-state index in [0.29, 0.717) is 18.6 Å². The molecule has 1 N–H and O–H groups in total. The number of halogens is 1. The van der Waals surface area contributed by atoms with Gasteiger partial charge in [-0.15, -0.1) is 0 Å². The quantitative estimate of drug-likeness (QED) is 0.775. The second-order valence-electron chi connectivity index (χ2n) is 9.37. The van der Waals surface area contributed by atoms with Crippen molar-refractivity contribution in [1.82, 2.24) is 10.2 Å². The minimum atomic E-state index is -0.529. The molecule has 1 spiro atoms. The van der Waals surface area contributed by atoms with Crippen LogP contribution in [0.5, 0.6) is 5.75 Å². The van der Waals surface area contributed by atoms with Crippen molar-refractivity contribution in [3.05, 3.63) is 59.9 Å². The summed E-state index contributed by atoms with van der Waals surface area (Å²) in [6, 6.07) is 15.6. The fourth-order valence-corrected chi connectivity index (χ4v) is 6.06. The van der Waals surface area contributed by atoms with Gasteiger partial charge in [-0.25, -0.2) is 4.39 Å². The van der Waals surface area contributed by atoms with Gasteiger partial charge < -0.3 is 15.0 Å². The summed E-state index contributed by atoms with van der Waals surface area (Å²) >= 11 is 0. The molecule has 6 heteroatoms. The standard InChI is InChI=1S/C26H32FN3O2/c1-32-22-12-6-19(7-13-22)23-4-2-3-5-24(23)29-16-14-26(15-17-29)25(31)28-18-30(26)21-10-8-20(27)9-11-21/h6-13,23-24H,2-5,14-18H2,1H3,(H,28,31)/t23-,24-/m1/s1. The summed E-state index contributed by atoms with van der Waals surface area (Å²) in [6.45, 7) is 2.30. The predicted octanol–water partition coefficient (Wildman–Crippen LogP) is 4.29. The number of amides is 1. The maximum absolute atomic E-state index is 13.4. The Kier molecular flexibility index (Phi) is 5.80. The number of anilines is 1. The molecular weight excluding hydrogens is 405 g/mol. The first-order valence-electron chi connectivity index (χ1n) is 11.8. The van der Waals surface area contributed by atoms with E-state index in [2.05, 4.69) is 39.4 Å². The Morgan fingerprint density at radius 2 is 1.69 bits per heavy atom. The summed E-state index contributed by atoms with van der Waals surface area (Å²) < 4.78 is 18.8. The second-order valence-corrected chi connectivity index (χ2v) is 9.37. The minimum absolute atomic E-state index is 0.108.